The number of rotatable bonds is 2. The van der Waals surface area contributed by atoms with Gasteiger partial charge in [0.15, 0.2) is 0 Å². The monoisotopic (exact) mass is 420 g/mol. The van der Waals surface area contributed by atoms with Crippen molar-refractivity contribution < 1.29 is 4.79 Å². The van der Waals surface area contributed by atoms with Gasteiger partial charge < -0.3 is 0 Å². The molecule has 0 bridgehead atoms. The van der Waals surface area contributed by atoms with E-state index in [4.69, 9.17) is 4.99 Å². The van der Waals surface area contributed by atoms with Crippen molar-refractivity contribution in [1.82, 2.24) is 0 Å². The van der Waals surface area contributed by atoms with Crippen molar-refractivity contribution in [2.45, 2.75) is 15.5 Å². The van der Waals surface area contributed by atoms with Crippen molar-refractivity contribution >= 4 is 62.6 Å². The molecule has 0 unspecified atom stereocenters. The summed E-state index contributed by atoms with van der Waals surface area (Å²) in [5, 5.41) is 0. The predicted octanol–water partition coefficient (Wildman–Crippen LogP) is 6.48. The van der Waals surface area contributed by atoms with E-state index in [0.717, 1.165) is 37.0 Å². The Kier molecular flexibility index (Phi) is 4.93. The highest BCUT2D eigenvalue weighted by Crippen LogP contribution is 2.48. The van der Waals surface area contributed by atoms with Crippen LogP contribution in [0.15, 0.2) is 87.6 Å². The predicted molar refractivity (Wildman–Crippen MR) is 121 cm³/mol. The zero-order valence-electron chi connectivity index (χ0n) is 14.9. The number of nitrogens with zero attached hydrogens (tertiary/aromatic N) is 2. The maximum atomic E-state index is 13.2. The minimum absolute atomic E-state index is 0.0763. The quantitative estimate of drug-likeness (QED) is 0.475. The van der Waals surface area contributed by atoms with E-state index in [1.54, 1.807) is 23.5 Å². The summed E-state index contributed by atoms with van der Waals surface area (Å²) in [6, 6.07) is 24.4. The molecule has 3 aromatic rings. The van der Waals surface area contributed by atoms with Crippen LogP contribution in [0.25, 0.3) is 0 Å². The molecular formula is C22H16N2OS3. The Morgan fingerprint density at radius 2 is 1.57 bits per heavy atom. The molecule has 0 fully saturated rings. The highest BCUT2D eigenvalue weighted by Gasteiger charge is 2.28. The van der Waals surface area contributed by atoms with E-state index in [-0.39, 0.29) is 5.91 Å². The van der Waals surface area contributed by atoms with Crippen LogP contribution < -0.4 is 4.90 Å². The molecule has 2 heterocycles. The summed E-state index contributed by atoms with van der Waals surface area (Å²) < 4.78 is 0.958. The molecule has 1 amide bonds. The first-order valence-electron chi connectivity index (χ1n) is 8.91. The second-order valence-corrected chi connectivity index (χ2v) is 9.62. The van der Waals surface area contributed by atoms with Crippen LogP contribution in [0, 0.1) is 0 Å². The van der Waals surface area contributed by atoms with Gasteiger partial charge in [0.05, 0.1) is 22.8 Å². The van der Waals surface area contributed by atoms with Crippen molar-refractivity contribution in [3.63, 3.8) is 0 Å². The van der Waals surface area contributed by atoms with Gasteiger partial charge in [-0.3, -0.25) is 9.69 Å². The van der Waals surface area contributed by atoms with Gasteiger partial charge in [-0.15, -0.1) is 0 Å². The Morgan fingerprint density at radius 3 is 2.32 bits per heavy atom. The van der Waals surface area contributed by atoms with Gasteiger partial charge in [-0.2, -0.15) is 0 Å². The first-order valence-corrected chi connectivity index (χ1v) is 11.7. The third-order valence-electron chi connectivity index (χ3n) is 4.56. The van der Waals surface area contributed by atoms with E-state index in [0.29, 0.717) is 5.75 Å². The fraction of sp³-hybridized carbons (Fsp3) is 0.0909. The van der Waals surface area contributed by atoms with Crippen molar-refractivity contribution in [2.75, 3.05) is 10.7 Å². The Hall–Kier alpha value is -2.15. The first kappa shape index (κ1) is 17.9. The molecule has 0 saturated heterocycles. The molecule has 3 nitrogen and oxygen atoms in total. The largest absolute Gasteiger partial charge is 0.278 e. The fourth-order valence-corrected chi connectivity index (χ4v) is 6.22. The molecule has 2 aliphatic heterocycles. The number of carbonyl (C=O) groups excluding carboxylic acids is 1. The van der Waals surface area contributed by atoms with Gasteiger partial charge in [0, 0.05) is 15.5 Å². The number of aliphatic imine (C=N–C) groups is 1. The van der Waals surface area contributed by atoms with Gasteiger partial charge in [-0.05, 0) is 35.9 Å². The molecule has 138 valence electrons. The number of hydrogen-bond acceptors (Lipinski definition) is 5. The molecule has 6 heteroatoms. The van der Waals surface area contributed by atoms with Gasteiger partial charge in [0.2, 0.25) is 5.91 Å². The number of hydrogen-bond donors (Lipinski definition) is 0. The van der Waals surface area contributed by atoms with E-state index in [2.05, 4.69) is 18.2 Å². The molecule has 0 spiro atoms. The van der Waals surface area contributed by atoms with Gasteiger partial charge in [0.1, 0.15) is 4.38 Å². The molecular weight excluding hydrogens is 404 g/mol. The van der Waals surface area contributed by atoms with Crippen LogP contribution in [-0.4, -0.2) is 16.0 Å². The number of benzene rings is 3. The maximum Gasteiger partial charge on any atom is 0.242 e. The normalized spacial score (nSPS) is 14.6. The summed E-state index contributed by atoms with van der Waals surface area (Å²) in [6.07, 6.45) is 0. The number of carbonyl (C=O) groups is 1. The lowest BCUT2D eigenvalue weighted by atomic mass is 10.2. The van der Waals surface area contributed by atoms with Crippen LogP contribution in [0.4, 0.5) is 17.1 Å². The third kappa shape index (κ3) is 3.36. The second-order valence-electron chi connectivity index (χ2n) is 6.35. The highest BCUT2D eigenvalue weighted by atomic mass is 32.2. The van der Waals surface area contributed by atoms with Crippen LogP contribution in [0.1, 0.15) is 5.56 Å². The average molecular weight is 421 g/mol. The highest BCUT2D eigenvalue weighted by molar-refractivity contribution is 8.38. The molecule has 28 heavy (non-hydrogen) atoms. The molecule has 3 aromatic carbocycles. The molecule has 0 saturated carbocycles. The maximum absolute atomic E-state index is 13.2. The van der Waals surface area contributed by atoms with E-state index in [9.17, 15) is 4.79 Å². The Labute approximate surface area is 176 Å². The minimum Gasteiger partial charge on any atom is -0.278 e. The molecule has 0 atom stereocenters. The summed E-state index contributed by atoms with van der Waals surface area (Å²) in [4.78, 5) is 22.0. The number of anilines is 2. The summed E-state index contributed by atoms with van der Waals surface area (Å²) in [7, 11) is 0. The fourth-order valence-electron chi connectivity index (χ4n) is 3.25. The molecule has 5 rings (SSSR count). The van der Waals surface area contributed by atoms with E-state index >= 15 is 0 Å². The van der Waals surface area contributed by atoms with Crippen molar-refractivity contribution in [1.29, 1.82) is 0 Å². The zero-order valence-corrected chi connectivity index (χ0v) is 17.3. The van der Waals surface area contributed by atoms with Gasteiger partial charge >= 0.3 is 0 Å². The van der Waals surface area contributed by atoms with Crippen LogP contribution in [0.5, 0.6) is 0 Å². The standard InChI is InChI=1S/C22H16N2OS3/c25-21(14-27-22-23-16-8-2-1-7-15(16)13-26-22)24-17-9-3-5-11-19(17)28-20-12-6-4-10-18(20)24/h1-12H,13-14H2. The van der Waals surface area contributed by atoms with Crippen LogP contribution in [0.2, 0.25) is 0 Å². The van der Waals surface area contributed by atoms with E-state index in [1.165, 1.54) is 17.3 Å². The van der Waals surface area contributed by atoms with Crippen molar-refractivity contribution in [2.24, 2.45) is 4.99 Å². The number of fused-ring (bicyclic) bond motifs is 3. The lowest BCUT2D eigenvalue weighted by molar-refractivity contribution is -0.115. The average Bonchev–Trinajstić information content (AvgIpc) is 2.75. The zero-order chi connectivity index (χ0) is 18.9. The number of amides is 1. The molecule has 0 aromatic heterocycles. The molecule has 0 radical (unpaired) electrons. The Balaban J connectivity index is 1.40. The van der Waals surface area contributed by atoms with Crippen molar-refractivity contribution in [3.05, 3.63) is 78.4 Å². The van der Waals surface area contributed by atoms with Gasteiger partial charge in [0.25, 0.3) is 0 Å². The topological polar surface area (TPSA) is 32.7 Å². The molecule has 0 aliphatic carbocycles. The summed E-state index contributed by atoms with van der Waals surface area (Å²) in [5.74, 6) is 1.34. The lowest BCUT2D eigenvalue weighted by Gasteiger charge is -2.31. The van der Waals surface area contributed by atoms with Crippen LogP contribution in [-0.2, 0) is 10.5 Å². The molecule has 2 aliphatic rings. The lowest BCUT2D eigenvalue weighted by Crippen LogP contribution is -2.30. The number of thioether (sulfide) groups is 2. The first-order chi connectivity index (χ1) is 13.8. The van der Waals surface area contributed by atoms with Crippen LogP contribution >= 0.6 is 35.3 Å². The SMILES string of the molecule is O=C(CSC1=Nc2ccccc2CS1)N1c2ccccc2Sc2ccccc21. The van der Waals surface area contributed by atoms with Crippen LogP contribution in [0.3, 0.4) is 0 Å². The number of para-hydroxylation sites is 3. The Morgan fingerprint density at radius 1 is 0.929 bits per heavy atom. The van der Waals surface area contributed by atoms with Gasteiger partial charge in [-0.1, -0.05) is 77.8 Å². The van der Waals surface area contributed by atoms with E-state index < -0.39 is 0 Å². The smallest absolute Gasteiger partial charge is 0.242 e. The van der Waals surface area contributed by atoms with Crippen molar-refractivity contribution in [3.8, 4) is 0 Å². The molecule has 0 N–H and O–H groups in total. The van der Waals surface area contributed by atoms with E-state index in [1.807, 2.05) is 59.5 Å². The van der Waals surface area contributed by atoms with Gasteiger partial charge in [-0.25, -0.2) is 4.99 Å². The summed E-state index contributed by atoms with van der Waals surface area (Å²) in [6.45, 7) is 0. The minimum atomic E-state index is 0.0763. The Bertz CT molecular complexity index is 1050. The summed E-state index contributed by atoms with van der Waals surface area (Å²) in [5.41, 5.74) is 4.18. The third-order valence-corrected chi connectivity index (χ3v) is 7.92. The second kappa shape index (κ2) is 7.70. The summed E-state index contributed by atoms with van der Waals surface area (Å²) >= 11 is 4.94.